The number of benzene rings is 1. The van der Waals surface area contributed by atoms with E-state index in [0.29, 0.717) is 12.5 Å². The Morgan fingerprint density at radius 3 is 2.67 bits per heavy atom. The predicted octanol–water partition coefficient (Wildman–Crippen LogP) is 2.36. The van der Waals surface area contributed by atoms with Crippen molar-refractivity contribution in [1.29, 1.82) is 0 Å². The molecule has 0 aromatic heterocycles. The van der Waals surface area contributed by atoms with Gasteiger partial charge in [-0.2, -0.15) is 0 Å². The van der Waals surface area contributed by atoms with Crippen LogP contribution in [0.15, 0.2) is 24.3 Å². The van der Waals surface area contributed by atoms with Gasteiger partial charge in [-0.3, -0.25) is 0 Å². The van der Waals surface area contributed by atoms with E-state index in [1.54, 1.807) is 0 Å². The van der Waals surface area contributed by atoms with Crippen molar-refractivity contribution in [3.05, 3.63) is 29.8 Å². The Morgan fingerprint density at radius 2 is 2.19 bits per heavy atom. The van der Waals surface area contributed by atoms with Gasteiger partial charge in [0.15, 0.2) is 0 Å². The molecule has 0 bridgehead atoms. The maximum absolute atomic E-state index is 12.4. The lowest BCUT2D eigenvalue weighted by Gasteiger charge is -2.37. The first-order chi connectivity index (χ1) is 10.1. The van der Waals surface area contributed by atoms with Crippen molar-refractivity contribution in [3.8, 4) is 0 Å². The van der Waals surface area contributed by atoms with Crippen molar-refractivity contribution in [2.24, 2.45) is 5.92 Å². The molecule has 1 atom stereocenters. The van der Waals surface area contributed by atoms with Gasteiger partial charge in [-0.15, -0.1) is 0 Å². The third-order valence-corrected chi connectivity index (χ3v) is 4.46. The van der Waals surface area contributed by atoms with E-state index < -0.39 is 5.54 Å². The van der Waals surface area contributed by atoms with Crippen molar-refractivity contribution in [2.75, 3.05) is 32.1 Å². The summed E-state index contributed by atoms with van der Waals surface area (Å²) in [6.45, 7) is 5.70. The smallest absolute Gasteiger partial charge is 0.328 e. The second-order valence-corrected chi connectivity index (χ2v) is 5.84. The third-order valence-electron chi connectivity index (χ3n) is 4.46. The number of carbonyl (C=O) groups is 1. The van der Waals surface area contributed by atoms with Crippen LogP contribution in [-0.2, 0) is 9.53 Å². The summed E-state index contributed by atoms with van der Waals surface area (Å²) in [5.41, 5.74) is 1.78. The van der Waals surface area contributed by atoms with Crippen LogP contribution in [-0.4, -0.2) is 38.8 Å². The number of methoxy groups -OCH3 is 1. The normalized spacial score (nSPS) is 17.1. The molecule has 0 radical (unpaired) electrons. The molecule has 0 spiro atoms. The number of hydrogen-bond acceptors (Lipinski definition) is 4. The van der Waals surface area contributed by atoms with Crippen LogP contribution in [0.5, 0.6) is 0 Å². The topological polar surface area (TPSA) is 41.6 Å². The molecule has 4 heteroatoms. The van der Waals surface area contributed by atoms with E-state index in [9.17, 15) is 4.79 Å². The monoisotopic (exact) mass is 290 g/mol. The van der Waals surface area contributed by atoms with Gasteiger partial charge in [0.05, 0.1) is 7.11 Å². The number of nitrogens with zero attached hydrogens (tertiary/aromatic N) is 1. The first-order valence-electron chi connectivity index (χ1n) is 7.66. The molecule has 1 saturated carbocycles. The minimum atomic E-state index is -0.603. The van der Waals surface area contributed by atoms with Gasteiger partial charge in [0.25, 0.3) is 0 Å². The number of rotatable bonds is 7. The molecule has 21 heavy (non-hydrogen) atoms. The second kappa shape index (κ2) is 6.48. The molecule has 0 amide bonds. The molecule has 1 unspecified atom stereocenters. The summed E-state index contributed by atoms with van der Waals surface area (Å²) in [6, 6.07) is 8.41. The van der Waals surface area contributed by atoms with Gasteiger partial charge in [0.2, 0.25) is 0 Å². The minimum Gasteiger partial charge on any atom is -0.468 e. The lowest BCUT2D eigenvalue weighted by Crippen LogP contribution is -2.60. The van der Waals surface area contributed by atoms with Gasteiger partial charge < -0.3 is 15.0 Å². The zero-order valence-corrected chi connectivity index (χ0v) is 13.5. The number of ether oxygens (including phenoxy) is 1. The number of anilines is 1. The molecule has 1 aromatic carbocycles. The van der Waals surface area contributed by atoms with Crippen molar-refractivity contribution < 1.29 is 9.53 Å². The molecule has 2 rings (SSSR count). The van der Waals surface area contributed by atoms with Crippen LogP contribution in [0.3, 0.4) is 0 Å². The Labute approximate surface area is 127 Å². The molecule has 1 fully saturated rings. The van der Waals surface area contributed by atoms with Crippen molar-refractivity contribution in [3.63, 3.8) is 0 Å². The average Bonchev–Trinajstić information content (AvgIpc) is 3.33. The number of hydrogen-bond donors (Lipinski definition) is 1. The molecule has 1 aliphatic carbocycles. The quantitative estimate of drug-likeness (QED) is 0.783. The lowest BCUT2D eigenvalue weighted by atomic mass is 9.92. The van der Waals surface area contributed by atoms with Crippen LogP contribution in [0.2, 0.25) is 0 Å². The van der Waals surface area contributed by atoms with Gasteiger partial charge >= 0.3 is 5.97 Å². The maximum atomic E-state index is 12.4. The number of carbonyl (C=O) groups excluding carboxylic acids is 1. The van der Waals surface area contributed by atoms with E-state index in [-0.39, 0.29) is 5.97 Å². The average molecular weight is 290 g/mol. The number of esters is 1. The molecule has 116 valence electrons. The van der Waals surface area contributed by atoms with Crippen molar-refractivity contribution in [1.82, 2.24) is 5.32 Å². The van der Waals surface area contributed by atoms with Crippen LogP contribution < -0.4 is 10.2 Å². The van der Waals surface area contributed by atoms with Crippen LogP contribution >= 0.6 is 0 Å². The Bertz CT molecular complexity index is 499. The Kier molecular flexibility index (Phi) is 4.88. The van der Waals surface area contributed by atoms with Gasteiger partial charge in [-0.1, -0.05) is 12.1 Å². The van der Waals surface area contributed by atoms with Crippen molar-refractivity contribution >= 4 is 11.7 Å². The molecule has 0 saturated heterocycles. The molecular formula is C17H26N2O2. The highest BCUT2D eigenvalue weighted by Gasteiger charge is 2.51. The molecule has 4 nitrogen and oxygen atoms in total. The summed E-state index contributed by atoms with van der Waals surface area (Å²) in [4.78, 5) is 14.6. The maximum Gasteiger partial charge on any atom is 0.328 e. The van der Waals surface area contributed by atoms with E-state index >= 15 is 0 Å². The Balaban J connectivity index is 2.27. The fourth-order valence-corrected chi connectivity index (χ4v) is 3.02. The van der Waals surface area contributed by atoms with Crippen molar-refractivity contribution in [2.45, 2.75) is 32.2 Å². The first-order valence-corrected chi connectivity index (χ1v) is 7.66. The largest absolute Gasteiger partial charge is 0.468 e. The third kappa shape index (κ3) is 3.21. The summed E-state index contributed by atoms with van der Waals surface area (Å²) < 4.78 is 5.08. The zero-order chi connectivity index (χ0) is 15.5. The van der Waals surface area contributed by atoms with Gasteiger partial charge in [0.1, 0.15) is 5.54 Å². The van der Waals surface area contributed by atoms with Crippen LogP contribution in [0, 0.1) is 12.8 Å². The van der Waals surface area contributed by atoms with Gasteiger partial charge in [0, 0.05) is 18.8 Å². The molecule has 0 aliphatic heterocycles. The van der Waals surface area contributed by atoms with Crippen LogP contribution in [0.25, 0.3) is 0 Å². The number of nitrogens with one attached hydrogen (secondary N) is 1. The second-order valence-electron chi connectivity index (χ2n) is 5.84. The fraction of sp³-hybridized carbons (Fsp3) is 0.588. The Morgan fingerprint density at radius 1 is 1.48 bits per heavy atom. The molecular weight excluding hydrogens is 264 g/mol. The highest BCUT2D eigenvalue weighted by atomic mass is 16.5. The summed E-state index contributed by atoms with van der Waals surface area (Å²) >= 11 is 0. The molecule has 1 aliphatic rings. The van der Waals surface area contributed by atoms with E-state index in [1.165, 1.54) is 12.7 Å². The van der Waals surface area contributed by atoms with E-state index in [0.717, 1.165) is 25.1 Å². The van der Waals surface area contributed by atoms with Crippen LogP contribution in [0.1, 0.15) is 25.3 Å². The standard InChI is InChI=1S/C17H26N2O2/c1-5-19(15-8-6-7-13(2)11-15)12-17(18-3,14-9-10-14)16(20)21-4/h6-8,11,14,18H,5,9-10,12H2,1-4H3. The molecule has 1 N–H and O–H groups in total. The summed E-state index contributed by atoms with van der Waals surface area (Å²) in [5.74, 6) is 0.215. The van der Waals surface area contributed by atoms with Gasteiger partial charge in [-0.25, -0.2) is 4.79 Å². The van der Waals surface area contributed by atoms with E-state index in [1.807, 2.05) is 7.05 Å². The zero-order valence-electron chi connectivity index (χ0n) is 13.5. The minimum absolute atomic E-state index is 0.154. The highest BCUT2D eigenvalue weighted by molar-refractivity contribution is 5.83. The fourth-order valence-electron chi connectivity index (χ4n) is 3.02. The first kappa shape index (κ1) is 15.8. The Hall–Kier alpha value is -1.55. The van der Waals surface area contributed by atoms with Gasteiger partial charge in [-0.05, 0) is 57.4 Å². The van der Waals surface area contributed by atoms with E-state index in [4.69, 9.17) is 4.74 Å². The summed E-state index contributed by atoms with van der Waals surface area (Å²) in [6.07, 6.45) is 2.17. The van der Waals surface area contributed by atoms with Crippen LogP contribution in [0.4, 0.5) is 5.69 Å². The molecule has 0 heterocycles. The summed E-state index contributed by atoms with van der Waals surface area (Å²) in [5, 5.41) is 3.26. The predicted molar refractivity (Wildman–Crippen MR) is 85.6 cm³/mol. The number of likely N-dealkylation sites (N-methyl/N-ethyl adjacent to an activating group) is 2. The lowest BCUT2D eigenvalue weighted by molar-refractivity contribution is -0.149. The summed E-state index contributed by atoms with van der Waals surface area (Å²) in [7, 11) is 3.33. The number of aryl methyl sites for hydroxylation is 1. The highest BCUT2D eigenvalue weighted by Crippen LogP contribution is 2.41. The van der Waals surface area contributed by atoms with E-state index in [2.05, 4.69) is 48.3 Å². The SMILES string of the molecule is CCN(CC(NC)(C(=O)OC)C1CC1)c1cccc(C)c1. The molecule has 1 aromatic rings.